The molecule has 0 radical (unpaired) electrons. The van der Waals surface area contributed by atoms with Crippen LogP contribution in [0.15, 0.2) is 36.4 Å². The van der Waals surface area contributed by atoms with Gasteiger partial charge in [-0.15, -0.1) is 10.2 Å². The topological polar surface area (TPSA) is 90.5 Å². The van der Waals surface area contributed by atoms with Crippen molar-refractivity contribution in [3.05, 3.63) is 42.1 Å². The van der Waals surface area contributed by atoms with Crippen molar-refractivity contribution in [2.75, 3.05) is 5.32 Å². The zero-order valence-corrected chi connectivity index (χ0v) is 14.7. The number of nitrogens with zero attached hydrogens (tertiary/aromatic N) is 6. The molecule has 8 heteroatoms. The summed E-state index contributed by atoms with van der Waals surface area (Å²) in [7, 11) is 0. The summed E-state index contributed by atoms with van der Waals surface area (Å²) in [5, 5.41) is 19.8. The number of hydrogen-bond donors (Lipinski definition) is 1. The van der Waals surface area contributed by atoms with E-state index in [9.17, 15) is 4.79 Å². The van der Waals surface area contributed by atoms with Gasteiger partial charge >= 0.3 is 0 Å². The predicted molar refractivity (Wildman–Crippen MR) is 96.4 cm³/mol. The summed E-state index contributed by atoms with van der Waals surface area (Å²) in [6.07, 6.45) is 4.63. The van der Waals surface area contributed by atoms with Crippen LogP contribution in [0.2, 0.25) is 0 Å². The number of benzene rings is 1. The Morgan fingerprint density at radius 1 is 1.19 bits per heavy atom. The molecule has 0 saturated heterocycles. The van der Waals surface area contributed by atoms with E-state index in [1.165, 1.54) is 17.6 Å². The van der Waals surface area contributed by atoms with E-state index in [-0.39, 0.29) is 12.5 Å². The lowest BCUT2D eigenvalue weighted by Gasteiger charge is -2.14. The van der Waals surface area contributed by atoms with E-state index < -0.39 is 0 Å². The Balaban J connectivity index is 1.44. The van der Waals surface area contributed by atoms with Gasteiger partial charge in [-0.1, -0.05) is 43.2 Å². The number of aromatic nitrogens is 6. The molecule has 134 valence electrons. The first-order chi connectivity index (χ1) is 12.7. The van der Waals surface area contributed by atoms with Crippen molar-refractivity contribution in [3.63, 3.8) is 0 Å². The number of anilines is 1. The second-order valence-corrected chi connectivity index (χ2v) is 6.61. The van der Waals surface area contributed by atoms with Crippen LogP contribution in [0.25, 0.3) is 11.4 Å². The van der Waals surface area contributed by atoms with Crippen LogP contribution in [0.5, 0.6) is 0 Å². The van der Waals surface area contributed by atoms with Gasteiger partial charge in [-0.2, -0.15) is 9.90 Å². The third kappa shape index (κ3) is 3.49. The highest BCUT2D eigenvalue weighted by Gasteiger charge is 2.21. The summed E-state index contributed by atoms with van der Waals surface area (Å²) in [5.74, 6) is 1.05. The van der Waals surface area contributed by atoms with Crippen molar-refractivity contribution in [3.8, 4) is 11.4 Å². The summed E-state index contributed by atoms with van der Waals surface area (Å²) in [4.78, 5) is 13.7. The maximum atomic E-state index is 12.4. The average Bonchev–Trinajstić information content (AvgIpc) is 3.37. The molecule has 0 spiro atoms. The quantitative estimate of drug-likeness (QED) is 0.763. The molecule has 2 aromatic heterocycles. The van der Waals surface area contributed by atoms with Crippen LogP contribution in [-0.2, 0) is 11.3 Å². The second-order valence-electron chi connectivity index (χ2n) is 6.61. The zero-order valence-electron chi connectivity index (χ0n) is 14.7. The summed E-state index contributed by atoms with van der Waals surface area (Å²) >= 11 is 0. The fourth-order valence-electron chi connectivity index (χ4n) is 3.36. The van der Waals surface area contributed by atoms with Crippen LogP contribution < -0.4 is 5.32 Å². The van der Waals surface area contributed by atoms with Crippen molar-refractivity contribution in [1.29, 1.82) is 0 Å². The monoisotopic (exact) mass is 351 g/mol. The van der Waals surface area contributed by atoms with Crippen molar-refractivity contribution in [2.24, 2.45) is 0 Å². The number of carbonyl (C=O) groups is 1. The summed E-state index contributed by atoms with van der Waals surface area (Å²) in [5.41, 5.74) is 1.77. The Morgan fingerprint density at radius 2 is 1.96 bits per heavy atom. The molecule has 0 atom stereocenters. The van der Waals surface area contributed by atoms with Gasteiger partial charge in [0.25, 0.3) is 0 Å². The molecule has 3 aromatic rings. The molecule has 1 saturated carbocycles. The summed E-state index contributed by atoms with van der Waals surface area (Å²) < 4.78 is 1.95. The number of carbonyl (C=O) groups excluding carboxylic acids is 1. The molecular weight excluding hydrogens is 330 g/mol. The van der Waals surface area contributed by atoms with E-state index in [1.54, 1.807) is 0 Å². The maximum absolute atomic E-state index is 12.4. The van der Waals surface area contributed by atoms with Gasteiger partial charge in [0.2, 0.25) is 11.7 Å². The third-order valence-corrected chi connectivity index (χ3v) is 4.57. The first-order valence-corrected chi connectivity index (χ1v) is 8.88. The number of rotatable bonds is 5. The van der Waals surface area contributed by atoms with Crippen LogP contribution >= 0.6 is 0 Å². The summed E-state index contributed by atoms with van der Waals surface area (Å²) in [6, 6.07) is 11.8. The highest BCUT2D eigenvalue weighted by molar-refractivity contribution is 5.89. The highest BCUT2D eigenvalue weighted by atomic mass is 16.2. The smallest absolute Gasteiger partial charge is 0.249 e. The maximum Gasteiger partial charge on any atom is 0.249 e. The molecule has 26 heavy (non-hydrogen) atoms. The van der Waals surface area contributed by atoms with Gasteiger partial charge < -0.3 is 5.32 Å². The number of nitrogens with one attached hydrogen (secondary N) is 1. The molecule has 1 amide bonds. The Kier molecular flexibility index (Phi) is 4.47. The fourth-order valence-corrected chi connectivity index (χ4v) is 3.36. The molecule has 4 rings (SSSR count). The van der Waals surface area contributed by atoms with Crippen molar-refractivity contribution < 1.29 is 4.79 Å². The lowest BCUT2D eigenvalue weighted by atomic mass is 10.2. The van der Waals surface area contributed by atoms with Gasteiger partial charge in [0, 0.05) is 11.6 Å². The van der Waals surface area contributed by atoms with E-state index in [4.69, 9.17) is 0 Å². The third-order valence-electron chi connectivity index (χ3n) is 4.57. The molecule has 2 heterocycles. The Morgan fingerprint density at radius 3 is 2.73 bits per heavy atom. The molecular formula is C18H21N7O. The van der Waals surface area contributed by atoms with Gasteiger partial charge in [-0.3, -0.25) is 4.79 Å². The van der Waals surface area contributed by atoms with Crippen molar-refractivity contribution in [2.45, 2.75) is 45.2 Å². The normalized spacial score (nSPS) is 14.7. The van der Waals surface area contributed by atoms with Crippen molar-refractivity contribution >= 4 is 11.7 Å². The number of aryl methyl sites for hydroxylation is 1. The molecule has 1 N–H and O–H groups in total. The predicted octanol–water partition coefficient (Wildman–Crippen LogP) is 2.60. The summed E-state index contributed by atoms with van der Waals surface area (Å²) in [6.45, 7) is 1.95. The first-order valence-electron chi connectivity index (χ1n) is 8.88. The van der Waals surface area contributed by atoms with Gasteiger partial charge in [0.1, 0.15) is 12.4 Å². The van der Waals surface area contributed by atoms with E-state index in [1.807, 2.05) is 48.0 Å². The largest absolute Gasteiger partial charge is 0.309 e. The van der Waals surface area contributed by atoms with E-state index in [0.717, 1.165) is 29.9 Å². The van der Waals surface area contributed by atoms with Crippen LogP contribution in [0.1, 0.15) is 37.4 Å². The van der Waals surface area contributed by atoms with Gasteiger partial charge in [-0.05, 0) is 25.0 Å². The minimum absolute atomic E-state index is 0.00866. The Hall–Kier alpha value is -3.03. The lowest BCUT2D eigenvalue weighted by molar-refractivity contribution is -0.117. The van der Waals surface area contributed by atoms with Crippen LogP contribution in [0.4, 0.5) is 5.82 Å². The standard InChI is InChI=1S/C18H21N7O/c1-13-11-16(25(21-13)15-9-5-6-10-15)19-17(26)12-24-22-18(20-23-24)14-7-3-2-4-8-14/h2-4,7-8,11,15H,5-6,9-10,12H2,1H3,(H,19,26). The van der Waals surface area contributed by atoms with Gasteiger partial charge in [0.15, 0.2) is 0 Å². The average molecular weight is 351 g/mol. The van der Waals surface area contributed by atoms with Crippen LogP contribution in [0, 0.1) is 6.92 Å². The Labute approximate surface area is 151 Å². The van der Waals surface area contributed by atoms with E-state index in [2.05, 4.69) is 25.8 Å². The number of tetrazole rings is 1. The number of amides is 1. The molecule has 1 aliphatic rings. The first kappa shape index (κ1) is 16.4. The minimum atomic E-state index is -0.193. The minimum Gasteiger partial charge on any atom is -0.309 e. The molecule has 1 fully saturated rings. The molecule has 0 unspecified atom stereocenters. The molecule has 8 nitrogen and oxygen atoms in total. The van der Waals surface area contributed by atoms with Crippen molar-refractivity contribution in [1.82, 2.24) is 30.0 Å². The second kappa shape index (κ2) is 7.07. The zero-order chi connectivity index (χ0) is 17.9. The molecule has 0 aliphatic heterocycles. The van der Waals surface area contributed by atoms with E-state index in [0.29, 0.717) is 11.9 Å². The van der Waals surface area contributed by atoms with Gasteiger partial charge in [-0.25, -0.2) is 4.68 Å². The molecule has 1 aliphatic carbocycles. The highest BCUT2D eigenvalue weighted by Crippen LogP contribution is 2.31. The van der Waals surface area contributed by atoms with E-state index >= 15 is 0 Å². The SMILES string of the molecule is Cc1cc(NC(=O)Cn2nnc(-c3ccccc3)n2)n(C2CCCC2)n1. The molecule has 0 bridgehead atoms. The lowest BCUT2D eigenvalue weighted by Crippen LogP contribution is -2.23. The van der Waals surface area contributed by atoms with Crippen LogP contribution in [-0.4, -0.2) is 35.9 Å². The van der Waals surface area contributed by atoms with Crippen LogP contribution in [0.3, 0.4) is 0 Å². The molecule has 1 aromatic carbocycles. The Bertz CT molecular complexity index is 893. The fraction of sp³-hybridized carbons (Fsp3) is 0.389. The van der Waals surface area contributed by atoms with Gasteiger partial charge in [0.05, 0.1) is 11.7 Å². The number of hydrogen-bond acceptors (Lipinski definition) is 5.